The third-order valence-corrected chi connectivity index (χ3v) is 4.45. The van der Waals surface area contributed by atoms with Crippen molar-refractivity contribution in [3.05, 3.63) is 47.8 Å². The minimum Gasteiger partial charge on any atom is -0.274 e. The highest BCUT2D eigenvalue weighted by atomic mass is 32.2. The number of aromatic nitrogens is 2. The predicted octanol–water partition coefficient (Wildman–Crippen LogP) is 2.52. The van der Waals surface area contributed by atoms with Gasteiger partial charge in [0.05, 0.1) is 5.69 Å². The fourth-order valence-corrected chi connectivity index (χ4v) is 3.35. The number of rotatable bonds is 3. The van der Waals surface area contributed by atoms with Crippen molar-refractivity contribution in [3.8, 4) is 0 Å². The molecule has 1 saturated heterocycles. The van der Waals surface area contributed by atoms with Gasteiger partial charge in [0.25, 0.3) is 0 Å². The molecule has 1 unspecified atom stereocenters. The first-order valence-electron chi connectivity index (χ1n) is 6.94. The van der Waals surface area contributed by atoms with Gasteiger partial charge in [-0.25, -0.2) is 14.9 Å². The molecule has 1 aliphatic heterocycles. The van der Waals surface area contributed by atoms with Crippen LogP contribution in [0.4, 0.5) is 5.69 Å². The van der Waals surface area contributed by atoms with Crippen LogP contribution in [0.15, 0.2) is 41.7 Å². The largest absolute Gasteiger partial charge is 0.274 e. The van der Waals surface area contributed by atoms with E-state index in [2.05, 4.69) is 9.97 Å². The standard InChI is InChI=1S/C16H15N3O2S/c1-10-4-3-5-12(8-10)19-14(20)9-13(15(19)21)22-16-17-7-6-11(2)18-16/h3-8,13H,9H2,1-2H3. The Kier molecular flexibility index (Phi) is 3.94. The molecule has 22 heavy (non-hydrogen) atoms. The van der Waals surface area contributed by atoms with Crippen LogP contribution in [0.25, 0.3) is 0 Å². The summed E-state index contributed by atoms with van der Waals surface area (Å²) in [6.07, 6.45) is 1.83. The van der Waals surface area contributed by atoms with E-state index in [0.717, 1.165) is 11.3 Å². The summed E-state index contributed by atoms with van der Waals surface area (Å²) in [5.74, 6) is -0.383. The molecule has 0 N–H and O–H groups in total. The van der Waals surface area contributed by atoms with Crippen molar-refractivity contribution in [2.45, 2.75) is 30.7 Å². The van der Waals surface area contributed by atoms with E-state index in [1.165, 1.54) is 16.7 Å². The van der Waals surface area contributed by atoms with Gasteiger partial charge >= 0.3 is 0 Å². The number of carbonyl (C=O) groups excluding carboxylic acids is 2. The lowest BCUT2D eigenvalue weighted by atomic mass is 10.2. The number of carbonyl (C=O) groups is 2. The second-order valence-corrected chi connectivity index (χ2v) is 6.37. The highest BCUT2D eigenvalue weighted by Gasteiger charge is 2.40. The number of hydrogen-bond donors (Lipinski definition) is 0. The minimum absolute atomic E-state index is 0.175. The van der Waals surface area contributed by atoms with Crippen molar-refractivity contribution in [2.75, 3.05) is 4.90 Å². The topological polar surface area (TPSA) is 63.2 Å². The van der Waals surface area contributed by atoms with E-state index in [1.54, 1.807) is 18.3 Å². The zero-order valence-electron chi connectivity index (χ0n) is 12.3. The van der Waals surface area contributed by atoms with E-state index in [4.69, 9.17) is 0 Å². The van der Waals surface area contributed by atoms with Crippen LogP contribution in [0.1, 0.15) is 17.7 Å². The van der Waals surface area contributed by atoms with Crippen molar-refractivity contribution in [1.82, 2.24) is 9.97 Å². The van der Waals surface area contributed by atoms with Crippen molar-refractivity contribution in [3.63, 3.8) is 0 Å². The molecule has 1 fully saturated rings. The summed E-state index contributed by atoms with van der Waals surface area (Å²) in [7, 11) is 0. The van der Waals surface area contributed by atoms with E-state index in [9.17, 15) is 9.59 Å². The van der Waals surface area contributed by atoms with Crippen molar-refractivity contribution in [1.29, 1.82) is 0 Å². The Morgan fingerprint density at radius 1 is 1.23 bits per heavy atom. The van der Waals surface area contributed by atoms with Crippen LogP contribution in [0, 0.1) is 13.8 Å². The van der Waals surface area contributed by atoms with Gasteiger partial charge in [0.2, 0.25) is 11.8 Å². The van der Waals surface area contributed by atoms with Crippen LogP contribution in [-0.2, 0) is 9.59 Å². The third kappa shape index (κ3) is 2.87. The molecule has 0 saturated carbocycles. The molecular formula is C16H15N3O2S. The Hall–Kier alpha value is -2.21. The van der Waals surface area contributed by atoms with Gasteiger partial charge in [0.1, 0.15) is 5.25 Å². The monoisotopic (exact) mass is 313 g/mol. The Morgan fingerprint density at radius 3 is 2.77 bits per heavy atom. The maximum absolute atomic E-state index is 12.5. The average Bonchev–Trinajstić information content (AvgIpc) is 2.73. The summed E-state index contributed by atoms with van der Waals surface area (Å²) in [4.78, 5) is 34.4. The molecular weight excluding hydrogens is 298 g/mol. The number of thioether (sulfide) groups is 1. The SMILES string of the molecule is Cc1cccc(N2C(=O)CC(Sc3nccc(C)n3)C2=O)c1. The van der Waals surface area contributed by atoms with Gasteiger partial charge in [-0.05, 0) is 37.6 Å². The van der Waals surface area contributed by atoms with E-state index in [-0.39, 0.29) is 18.2 Å². The molecule has 1 aromatic carbocycles. The second-order valence-electron chi connectivity index (χ2n) is 5.20. The smallest absolute Gasteiger partial charge is 0.247 e. The van der Waals surface area contributed by atoms with Crippen molar-refractivity contribution < 1.29 is 9.59 Å². The molecule has 112 valence electrons. The maximum Gasteiger partial charge on any atom is 0.247 e. The van der Waals surface area contributed by atoms with Crippen LogP contribution in [0.2, 0.25) is 0 Å². The lowest BCUT2D eigenvalue weighted by molar-refractivity contribution is -0.121. The van der Waals surface area contributed by atoms with Gasteiger partial charge < -0.3 is 0 Å². The van der Waals surface area contributed by atoms with Crippen molar-refractivity contribution >= 4 is 29.3 Å². The number of benzene rings is 1. The first kappa shape index (κ1) is 14.7. The minimum atomic E-state index is -0.463. The zero-order chi connectivity index (χ0) is 15.7. The van der Waals surface area contributed by atoms with Gasteiger partial charge in [-0.3, -0.25) is 9.59 Å². The molecule has 1 atom stereocenters. The zero-order valence-corrected chi connectivity index (χ0v) is 13.1. The Labute approximate surface area is 132 Å². The quantitative estimate of drug-likeness (QED) is 0.643. The van der Waals surface area contributed by atoms with Gasteiger partial charge in [-0.15, -0.1) is 0 Å². The number of anilines is 1. The Bertz CT molecular complexity index is 748. The molecule has 1 aromatic heterocycles. The molecule has 2 amide bonds. The second kappa shape index (κ2) is 5.88. The van der Waals surface area contributed by atoms with Crippen LogP contribution < -0.4 is 4.90 Å². The first-order valence-corrected chi connectivity index (χ1v) is 7.82. The number of nitrogens with zero attached hydrogens (tertiary/aromatic N) is 3. The molecule has 0 radical (unpaired) electrons. The molecule has 0 aliphatic carbocycles. The number of hydrogen-bond acceptors (Lipinski definition) is 5. The molecule has 1 aliphatic rings. The van der Waals surface area contributed by atoms with Gasteiger partial charge in [0, 0.05) is 18.3 Å². The molecule has 6 heteroatoms. The van der Waals surface area contributed by atoms with Crippen LogP contribution in [0.5, 0.6) is 0 Å². The fourth-order valence-electron chi connectivity index (χ4n) is 2.34. The third-order valence-electron chi connectivity index (χ3n) is 3.39. The summed E-state index contributed by atoms with van der Waals surface area (Å²) < 4.78 is 0. The molecule has 2 aromatic rings. The van der Waals surface area contributed by atoms with E-state index >= 15 is 0 Å². The summed E-state index contributed by atoms with van der Waals surface area (Å²) in [6.45, 7) is 3.80. The Morgan fingerprint density at radius 2 is 2.05 bits per heavy atom. The summed E-state index contributed by atoms with van der Waals surface area (Å²) in [5.41, 5.74) is 2.48. The predicted molar refractivity (Wildman–Crippen MR) is 84.7 cm³/mol. The van der Waals surface area contributed by atoms with Gasteiger partial charge in [-0.2, -0.15) is 0 Å². The lowest BCUT2D eigenvalue weighted by Crippen LogP contribution is -2.31. The van der Waals surface area contributed by atoms with Crippen LogP contribution >= 0.6 is 11.8 Å². The molecule has 3 rings (SSSR count). The van der Waals surface area contributed by atoms with E-state index in [0.29, 0.717) is 10.8 Å². The average molecular weight is 313 g/mol. The highest BCUT2D eigenvalue weighted by molar-refractivity contribution is 8.00. The first-order chi connectivity index (χ1) is 10.5. The van der Waals surface area contributed by atoms with E-state index in [1.807, 2.05) is 32.0 Å². The maximum atomic E-state index is 12.5. The lowest BCUT2D eigenvalue weighted by Gasteiger charge is -2.15. The molecule has 0 bridgehead atoms. The normalized spacial score (nSPS) is 18.1. The highest BCUT2D eigenvalue weighted by Crippen LogP contribution is 2.32. The van der Waals surface area contributed by atoms with Gasteiger partial charge in [-0.1, -0.05) is 23.9 Å². The summed E-state index contributed by atoms with van der Waals surface area (Å²) in [6, 6.07) is 9.19. The molecule has 2 heterocycles. The van der Waals surface area contributed by atoms with Gasteiger partial charge in [0.15, 0.2) is 5.16 Å². The fraction of sp³-hybridized carbons (Fsp3) is 0.250. The number of amides is 2. The van der Waals surface area contributed by atoms with Crippen molar-refractivity contribution in [2.24, 2.45) is 0 Å². The number of aryl methyl sites for hydroxylation is 2. The Balaban J connectivity index is 1.82. The molecule has 0 spiro atoms. The van der Waals surface area contributed by atoms with Crippen LogP contribution in [-0.4, -0.2) is 27.0 Å². The summed E-state index contributed by atoms with van der Waals surface area (Å²) in [5, 5.41) is 0.0621. The van der Waals surface area contributed by atoms with Crippen LogP contribution in [0.3, 0.4) is 0 Å². The molecule has 5 nitrogen and oxygen atoms in total. The summed E-state index contributed by atoms with van der Waals surface area (Å²) >= 11 is 1.25. The number of imide groups is 1. The van der Waals surface area contributed by atoms with E-state index < -0.39 is 5.25 Å².